The van der Waals surface area contributed by atoms with Crippen LogP contribution in [-0.2, 0) is 14.8 Å². The van der Waals surface area contributed by atoms with Gasteiger partial charge in [-0.2, -0.15) is 4.31 Å². The van der Waals surface area contributed by atoms with Crippen molar-refractivity contribution >= 4 is 27.5 Å². The Morgan fingerprint density at radius 1 is 0.939 bits per heavy atom. The van der Waals surface area contributed by atoms with E-state index in [-0.39, 0.29) is 16.4 Å². The average Bonchev–Trinajstić information content (AvgIpc) is 2.86. The zero-order valence-corrected chi connectivity index (χ0v) is 19.9. The molecular weight excluding hydrogens is 466 g/mol. The summed E-state index contributed by atoms with van der Waals surface area (Å²) in [5.74, 6) is 0.519. The number of amides is 1. The van der Waals surface area contributed by atoms with E-state index >= 15 is 0 Å². The first kappa shape index (κ1) is 24.0. The minimum Gasteiger partial charge on any atom is -0.492 e. The van der Waals surface area contributed by atoms with Gasteiger partial charge in [0.1, 0.15) is 12.4 Å². The molecule has 8 nitrogen and oxygen atoms in total. The van der Waals surface area contributed by atoms with Crippen molar-refractivity contribution in [2.75, 3.05) is 65.6 Å². The topological polar surface area (TPSA) is 79.4 Å². The first-order chi connectivity index (χ1) is 15.9. The highest BCUT2D eigenvalue weighted by molar-refractivity contribution is 7.89. The second kappa shape index (κ2) is 10.8. The van der Waals surface area contributed by atoms with Gasteiger partial charge in [-0.3, -0.25) is 9.69 Å². The molecule has 0 N–H and O–H groups in total. The molecule has 2 heterocycles. The molecule has 0 aliphatic carbocycles. The van der Waals surface area contributed by atoms with Crippen molar-refractivity contribution in [3.05, 3.63) is 59.1 Å². The zero-order chi connectivity index (χ0) is 23.3. The lowest BCUT2D eigenvalue weighted by atomic mass is 10.2. The third-order valence-corrected chi connectivity index (χ3v) is 8.06. The van der Waals surface area contributed by atoms with E-state index in [1.165, 1.54) is 10.4 Å². The van der Waals surface area contributed by atoms with E-state index < -0.39 is 10.0 Å². The van der Waals surface area contributed by atoms with Crippen molar-refractivity contribution in [2.24, 2.45) is 0 Å². The van der Waals surface area contributed by atoms with Crippen molar-refractivity contribution < 1.29 is 22.7 Å². The van der Waals surface area contributed by atoms with Gasteiger partial charge < -0.3 is 14.4 Å². The Balaban J connectivity index is 1.34. The van der Waals surface area contributed by atoms with Crippen LogP contribution in [0, 0.1) is 0 Å². The molecule has 10 heteroatoms. The maximum absolute atomic E-state index is 13.2. The van der Waals surface area contributed by atoms with Crippen LogP contribution >= 0.6 is 11.6 Å². The molecule has 2 aromatic rings. The number of halogens is 1. The Labute approximate surface area is 199 Å². The number of rotatable bonds is 7. The SMILES string of the molecule is O=C(c1ccccc1S(=O)(=O)N1CCOCC1)N1CCN(CCOc2ccc(Cl)cc2)CC1. The Hall–Kier alpha value is -2.17. The van der Waals surface area contributed by atoms with E-state index in [1.54, 1.807) is 35.2 Å². The normalized spacial score (nSPS) is 18.3. The molecule has 2 aliphatic rings. The van der Waals surface area contributed by atoms with E-state index in [4.69, 9.17) is 21.1 Å². The zero-order valence-electron chi connectivity index (χ0n) is 18.4. The van der Waals surface area contributed by atoms with Crippen molar-refractivity contribution in [2.45, 2.75) is 4.90 Å². The molecule has 4 rings (SSSR count). The molecule has 1 amide bonds. The van der Waals surface area contributed by atoms with Crippen LogP contribution in [-0.4, -0.2) is 94.1 Å². The fourth-order valence-corrected chi connectivity index (χ4v) is 5.68. The second-order valence-corrected chi connectivity index (χ2v) is 10.3. The summed E-state index contributed by atoms with van der Waals surface area (Å²) in [5, 5.41) is 0.669. The summed E-state index contributed by atoms with van der Waals surface area (Å²) in [6.45, 7) is 5.06. The Bertz CT molecular complexity index is 1050. The highest BCUT2D eigenvalue weighted by Gasteiger charge is 2.32. The molecule has 0 bridgehead atoms. The molecule has 0 spiro atoms. The molecule has 2 aromatic carbocycles. The number of piperazine rings is 1. The van der Waals surface area contributed by atoms with E-state index in [0.29, 0.717) is 64.1 Å². The van der Waals surface area contributed by atoms with Crippen LogP contribution in [0.5, 0.6) is 5.75 Å². The van der Waals surface area contributed by atoms with Crippen molar-refractivity contribution in [3.8, 4) is 5.75 Å². The number of morpholine rings is 1. The highest BCUT2D eigenvalue weighted by Crippen LogP contribution is 2.23. The molecule has 178 valence electrons. The quantitative estimate of drug-likeness (QED) is 0.588. The van der Waals surface area contributed by atoms with Gasteiger partial charge in [-0.1, -0.05) is 23.7 Å². The molecule has 0 atom stereocenters. The van der Waals surface area contributed by atoms with Crippen LogP contribution in [0.4, 0.5) is 0 Å². The van der Waals surface area contributed by atoms with E-state index in [0.717, 1.165) is 12.3 Å². The summed E-state index contributed by atoms with van der Waals surface area (Å²) in [5.41, 5.74) is 0.225. The summed E-state index contributed by atoms with van der Waals surface area (Å²) in [7, 11) is -3.76. The number of hydrogen-bond donors (Lipinski definition) is 0. The third kappa shape index (κ3) is 5.85. The predicted octanol–water partition coefficient (Wildman–Crippen LogP) is 2.20. The smallest absolute Gasteiger partial charge is 0.255 e. The van der Waals surface area contributed by atoms with Crippen LogP contribution in [0.1, 0.15) is 10.4 Å². The van der Waals surface area contributed by atoms with Crippen LogP contribution in [0.15, 0.2) is 53.4 Å². The van der Waals surface area contributed by atoms with Gasteiger partial charge >= 0.3 is 0 Å². The number of nitrogens with zero attached hydrogens (tertiary/aromatic N) is 3. The molecular formula is C23H28ClN3O5S. The third-order valence-electron chi connectivity index (χ3n) is 5.85. The fourth-order valence-electron chi connectivity index (χ4n) is 3.96. The number of benzene rings is 2. The Morgan fingerprint density at radius 3 is 2.30 bits per heavy atom. The predicted molar refractivity (Wildman–Crippen MR) is 125 cm³/mol. The van der Waals surface area contributed by atoms with Gasteiger partial charge in [0, 0.05) is 50.8 Å². The van der Waals surface area contributed by atoms with Gasteiger partial charge in [-0.25, -0.2) is 8.42 Å². The van der Waals surface area contributed by atoms with Gasteiger partial charge in [-0.15, -0.1) is 0 Å². The Kier molecular flexibility index (Phi) is 7.87. The van der Waals surface area contributed by atoms with Crippen LogP contribution < -0.4 is 4.74 Å². The van der Waals surface area contributed by atoms with Crippen molar-refractivity contribution in [1.82, 2.24) is 14.1 Å². The van der Waals surface area contributed by atoms with Gasteiger partial charge in [0.05, 0.1) is 23.7 Å². The maximum atomic E-state index is 13.2. The lowest BCUT2D eigenvalue weighted by molar-refractivity contribution is 0.0615. The minimum absolute atomic E-state index is 0.0655. The summed E-state index contributed by atoms with van der Waals surface area (Å²) in [6.07, 6.45) is 0. The first-order valence-corrected chi connectivity index (χ1v) is 12.8. The van der Waals surface area contributed by atoms with Gasteiger partial charge in [0.25, 0.3) is 5.91 Å². The summed E-state index contributed by atoms with van der Waals surface area (Å²) < 4.78 is 38.8. The van der Waals surface area contributed by atoms with Crippen LogP contribution in [0.2, 0.25) is 5.02 Å². The molecule has 2 saturated heterocycles. The van der Waals surface area contributed by atoms with Crippen LogP contribution in [0.3, 0.4) is 0 Å². The van der Waals surface area contributed by atoms with E-state index in [2.05, 4.69) is 4.90 Å². The second-order valence-electron chi connectivity index (χ2n) is 7.95. The highest BCUT2D eigenvalue weighted by atomic mass is 35.5. The Morgan fingerprint density at radius 2 is 1.61 bits per heavy atom. The van der Waals surface area contributed by atoms with E-state index in [9.17, 15) is 13.2 Å². The van der Waals surface area contributed by atoms with E-state index in [1.807, 2.05) is 12.1 Å². The molecule has 0 aromatic heterocycles. The maximum Gasteiger partial charge on any atom is 0.255 e. The molecule has 2 fully saturated rings. The number of carbonyl (C=O) groups excluding carboxylic acids is 1. The van der Waals surface area contributed by atoms with Gasteiger partial charge in [0.2, 0.25) is 10.0 Å². The summed E-state index contributed by atoms with van der Waals surface area (Å²) >= 11 is 5.89. The number of hydrogen-bond acceptors (Lipinski definition) is 6. The molecule has 0 radical (unpaired) electrons. The minimum atomic E-state index is -3.76. The van der Waals surface area contributed by atoms with Gasteiger partial charge in [-0.05, 0) is 36.4 Å². The number of sulfonamides is 1. The largest absolute Gasteiger partial charge is 0.492 e. The molecule has 2 aliphatic heterocycles. The fraction of sp³-hybridized carbons (Fsp3) is 0.435. The molecule has 33 heavy (non-hydrogen) atoms. The van der Waals surface area contributed by atoms with Gasteiger partial charge in [0.15, 0.2) is 0 Å². The summed E-state index contributed by atoms with van der Waals surface area (Å²) in [4.78, 5) is 17.3. The molecule has 0 unspecified atom stereocenters. The van der Waals surface area contributed by atoms with Crippen molar-refractivity contribution in [1.29, 1.82) is 0 Å². The lowest BCUT2D eigenvalue weighted by Crippen LogP contribution is -2.50. The monoisotopic (exact) mass is 493 g/mol. The first-order valence-electron chi connectivity index (χ1n) is 11.0. The van der Waals surface area contributed by atoms with Crippen molar-refractivity contribution in [3.63, 3.8) is 0 Å². The number of carbonyl (C=O) groups is 1. The number of ether oxygens (including phenoxy) is 2. The average molecular weight is 494 g/mol. The summed E-state index contributed by atoms with van der Waals surface area (Å²) in [6, 6.07) is 13.7. The lowest BCUT2D eigenvalue weighted by Gasteiger charge is -2.35. The van der Waals surface area contributed by atoms with Crippen LogP contribution in [0.25, 0.3) is 0 Å². The standard InChI is InChI=1S/C23H28ClN3O5S/c24-19-5-7-20(8-6-19)32-18-13-25-9-11-26(12-10-25)23(28)21-3-1-2-4-22(21)33(29,30)27-14-16-31-17-15-27/h1-8H,9-18H2. The molecule has 0 saturated carbocycles.